The molecule has 0 heterocycles. The van der Waals surface area contributed by atoms with Crippen LogP contribution in [0.1, 0.15) is 33.6 Å². The second-order valence-corrected chi connectivity index (χ2v) is 5.72. The molecule has 18 heavy (non-hydrogen) atoms. The maximum atomic E-state index is 14.0. The molecular weight excluding hydrogens is 229 g/mol. The first-order chi connectivity index (χ1) is 8.45. The third kappa shape index (κ3) is 2.21. The van der Waals surface area contributed by atoms with Crippen LogP contribution in [0.5, 0.6) is 0 Å². The van der Waals surface area contributed by atoms with Crippen molar-refractivity contribution in [1.82, 2.24) is 0 Å². The molecule has 4 heteroatoms. The van der Waals surface area contributed by atoms with Gasteiger partial charge in [0.1, 0.15) is 5.83 Å². The van der Waals surface area contributed by atoms with Gasteiger partial charge in [0.15, 0.2) is 0 Å². The highest BCUT2D eigenvalue weighted by molar-refractivity contribution is 5.51. The van der Waals surface area contributed by atoms with E-state index in [9.17, 15) is 4.39 Å². The summed E-state index contributed by atoms with van der Waals surface area (Å²) in [6.45, 7) is 6.13. The Kier molecular flexibility index (Phi) is 3.31. The van der Waals surface area contributed by atoms with Crippen molar-refractivity contribution in [3.8, 4) is 0 Å². The van der Waals surface area contributed by atoms with Gasteiger partial charge in [0.2, 0.25) is 0 Å². The number of hydrogen-bond donors (Lipinski definition) is 0. The second kappa shape index (κ2) is 4.62. The highest BCUT2D eigenvalue weighted by atomic mass is 19.1. The summed E-state index contributed by atoms with van der Waals surface area (Å²) in [5, 5.41) is 3.67. The summed E-state index contributed by atoms with van der Waals surface area (Å²) >= 11 is 0. The highest BCUT2D eigenvalue weighted by Gasteiger charge is 2.35. The molecule has 3 nitrogen and oxygen atoms in total. The van der Waals surface area contributed by atoms with Crippen molar-refractivity contribution in [2.24, 2.45) is 16.4 Å². The predicted molar refractivity (Wildman–Crippen MR) is 70.5 cm³/mol. The minimum absolute atomic E-state index is 0.00208. The number of halogens is 1. The van der Waals surface area contributed by atoms with Crippen LogP contribution in [-0.2, 0) is 0 Å². The lowest BCUT2D eigenvalue weighted by Gasteiger charge is -2.30. The Bertz CT molecular complexity index is 493. The molecule has 0 N–H and O–H groups in total. The highest BCUT2D eigenvalue weighted by Crippen LogP contribution is 2.47. The Hall–Kier alpha value is -1.54. The largest absolute Gasteiger partial charge is 0.207 e. The van der Waals surface area contributed by atoms with Gasteiger partial charge < -0.3 is 0 Å². The molecule has 0 aliphatic heterocycles. The van der Waals surface area contributed by atoms with Crippen LogP contribution in [0.2, 0.25) is 0 Å². The quantitative estimate of drug-likeness (QED) is 0.389. The van der Waals surface area contributed by atoms with Crippen molar-refractivity contribution in [2.45, 2.75) is 39.7 Å². The van der Waals surface area contributed by atoms with Crippen molar-refractivity contribution in [3.05, 3.63) is 45.6 Å². The zero-order chi connectivity index (χ0) is 13.3. The summed E-state index contributed by atoms with van der Waals surface area (Å²) in [5.41, 5.74) is 10.3. The van der Waals surface area contributed by atoms with E-state index in [0.717, 1.165) is 17.6 Å². The molecule has 0 aromatic heterocycles. The number of hydrogen-bond acceptors (Lipinski definition) is 1. The van der Waals surface area contributed by atoms with E-state index in [-0.39, 0.29) is 23.2 Å². The van der Waals surface area contributed by atoms with Gasteiger partial charge in [-0.25, -0.2) is 4.39 Å². The fourth-order valence-corrected chi connectivity index (χ4v) is 2.76. The van der Waals surface area contributed by atoms with Gasteiger partial charge >= 0.3 is 0 Å². The van der Waals surface area contributed by atoms with Gasteiger partial charge in [-0.05, 0) is 41.0 Å². The lowest BCUT2D eigenvalue weighted by molar-refractivity contribution is 0.430. The Balaban J connectivity index is 2.27. The molecule has 0 spiro atoms. The molecule has 0 aromatic rings. The van der Waals surface area contributed by atoms with E-state index in [1.165, 1.54) is 0 Å². The van der Waals surface area contributed by atoms with Gasteiger partial charge in [0.05, 0.1) is 0 Å². The van der Waals surface area contributed by atoms with Crippen molar-refractivity contribution >= 4 is 0 Å². The normalized spacial score (nSPS) is 26.4. The van der Waals surface area contributed by atoms with Crippen LogP contribution in [0.15, 0.2) is 40.3 Å². The maximum Gasteiger partial charge on any atom is 0.123 e. The lowest BCUT2D eigenvalue weighted by Crippen LogP contribution is -2.19. The van der Waals surface area contributed by atoms with Crippen LogP contribution in [0, 0.1) is 11.3 Å². The van der Waals surface area contributed by atoms with Crippen molar-refractivity contribution in [3.63, 3.8) is 0 Å². The first kappa shape index (κ1) is 12.9. The van der Waals surface area contributed by atoms with Gasteiger partial charge in [-0.2, -0.15) is 0 Å². The van der Waals surface area contributed by atoms with Crippen LogP contribution in [-0.4, -0.2) is 6.04 Å². The zero-order valence-corrected chi connectivity index (χ0v) is 11.0. The van der Waals surface area contributed by atoms with Gasteiger partial charge in [0, 0.05) is 16.9 Å². The van der Waals surface area contributed by atoms with Crippen LogP contribution in [0.3, 0.4) is 0 Å². The van der Waals surface area contributed by atoms with E-state index < -0.39 is 0 Å². The molecule has 2 aliphatic rings. The topological polar surface area (TPSA) is 48.8 Å². The molecule has 96 valence electrons. The summed E-state index contributed by atoms with van der Waals surface area (Å²) in [6, 6.07) is -0.116. The van der Waals surface area contributed by atoms with Crippen LogP contribution in [0.4, 0.5) is 4.39 Å². The fraction of sp³-hybridized carbons (Fsp3) is 0.571. The van der Waals surface area contributed by atoms with E-state index >= 15 is 0 Å². The third-order valence-electron chi connectivity index (χ3n) is 3.78. The molecular formula is C14H18FN3. The Morgan fingerprint density at radius 1 is 1.61 bits per heavy atom. The molecule has 2 rings (SSSR count). The minimum atomic E-state index is -0.116. The summed E-state index contributed by atoms with van der Waals surface area (Å²) in [6.07, 6.45) is 7.15. The number of allylic oxidation sites excluding steroid dienone is 6. The first-order valence-electron chi connectivity index (χ1n) is 6.29. The molecule has 0 fully saturated rings. The van der Waals surface area contributed by atoms with Gasteiger partial charge in [-0.15, -0.1) is 0 Å². The van der Waals surface area contributed by atoms with Crippen molar-refractivity contribution in [1.29, 1.82) is 0 Å². The van der Waals surface area contributed by atoms with Gasteiger partial charge in [0.25, 0.3) is 0 Å². The third-order valence-corrected chi connectivity index (χ3v) is 3.78. The minimum Gasteiger partial charge on any atom is -0.207 e. The van der Waals surface area contributed by atoms with E-state index in [1.54, 1.807) is 6.08 Å². The molecule has 0 aromatic carbocycles. The standard InChI is InChI=1S/C14H18FN3/c1-9(17-18-16)8-10-4-5-11-13(10)12(15)6-7-14(11,2)3/h4-6,9-10H,7-8H2,1-3H3/t9-,10?/m0/s1. The zero-order valence-electron chi connectivity index (χ0n) is 11.0. The van der Waals surface area contributed by atoms with E-state index in [4.69, 9.17) is 5.53 Å². The monoisotopic (exact) mass is 247 g/mol. The van der Waals surface area contributed by atoms with Crippen LogP contribution < -0.4 is 0 Å². The van der Waals surface area contributed by atoms with E-state index in [1.807, 2.05) is 19.1 Å². The Morgan fingerprint density at radius 2 is 2.33 bits per heavy atom. The molecule has 2 aliphatic carbocycles. The number of nitrogens with zero attached hydrogens (tertiary/aromatic N) is 3. The average molecular weight is 247 g/mol. The first-order valence-corrected chi connectivity index (χ1v) is 6.29. The van der Waals surface area contributed by atoms with Crippen LogP contribution in [0.25, 0.3) is 10.4 Å². The molecule has 1 unspecified atom stereocenters. The molecule has 0 bridgehead atoms. The second-order valence-electron chi connectivity index (χ2n) is 5.72. The molecule has 0 saturated heterocycles. The van der Waals surface area contributed by atoms with Gasteiger partial charge in [-0.3, -0.25) is 0 Å². The number of rotatable bonds is 3. The van der Waals surface area contributed by atoms with Crippen LogP contribution >= 0.6 is 0 Å². The molecule has 2 atom stereocenters. The SMILES string of the molecule is C[C@@H](CC1C=CC2=C1C(F)=CCC2(C)C)N=[N+]=[N-]. The van der Waals surface area contributed by atoms with Gasteiger partial charge in [-0.1, -0.05) is 38.0 Å². The summed E-state index contributed by atoms with van der Waals surface area (Å²) in [5.74, 6) is -0.0659. The Morgan fingerprint density at radius 3 is 3.00 bits per heavy atom. The maximum absolute atomic E-state index is 14.0. The predicted octanol–water partition coefficient (Wildman–Crippen LogP) is 4.84. The molecule has 0 saturated carbocycles. The van der Waals surface area contributed by atoms with E-state index in [0.29, 0.717) is 6.42 Å². The Labute approximate surface area is 107 Å². The lowest BCUT2D eigenvalue weighted by atomic mass is 9.75. The van der Waals surface area contributed by atoms with Crippen molar-refractivity contribution in [2.75, 3.05) is 0 Å². The van der Waals surface area contributed by atoms with E-state index in [2.05, 4.69) is 23.9 Å². The average Bonchev–Trinajstić information content (AvgIpc) is 2.70. The summed E-state index contributed by atoms with van der Waals surface area (Å²) in [4.78, 5) is 2.81. The number of azide groups is 1. The smallest absolute Gasteiger partial charge is 0.123 e. The molecule has 0 radical (unpaired) electrons. The molecule has 0 amide bonds. The summed E-state index contributed by atoms with van der Waals surface area (Å²) in [7, 11) is 0. The van der Waals surface area contributed by atoms with Crippen molar-refractivity contribution < 1.29 is 4.39 Å². The fourth-order valence-electron chi connectivity index (χ4n) is 2.76. The summed E-state index contributed by atoms with van der Waals surface area (Å²) < 4.78 is 14.0.